The summed E-state index contributed by atoms with van der Waals surface area (Å²) in [4.78, 5) is 16.0. The number of hydrogen-bond acceptors (Lipinski definition) is 6. The van der Waals surface area contributed by atoms with E-state index in [1.54, 1.807) is 25.1 Å². The number of carbonyl (C=O) groups is 1. The fourth-order valence-electron chi connectivity index (χ4n) is 1.96. The third kappa shape index (κ3) is 2.16. The molecule has 2 heterocycles. The number of nitrogens with zero attached hydrogens (tertiary/aromatic N) is 5. The van der Waals surface area contributed by atoms with Crippen molar-refractivity contribution in [2.75, 3.05) is 6.61 Å². The van der Waals surface area contributed by atoms with Crippen molar-refractivity contribution in [1.82, 2.24) is 25.0 Å². The summed E-state index contributed by atoms with van der Waals surface area (Å²) in [6.07, 6.45) is 0.0141. The Kier molecular flexibility index (Phi) is 3.19. The van der Waals surface area contributed by atoms with Gasteiger partial charge in [-0.2, -0.15) is 4.52 Å². The first kappa shape index (κ1) is 12.7. The van der Waals surface area contributed by atoms with E-state index in [-0.39, 0.29) is 12.4 Å². The Hall–Kier alpha value is -2.28. The van der Waals surface area contributed by atoms with Gasteiger partial charge in [0, 0.05) is 5.02 Å². The lowest BCUT2D eigenvalue weighted by Crippen LogP contribution is -2.11. The Morgan fingerprint density at radius 1 is 1.45 bits per heavy atom. The van der Waals surface area contributed by atoms with Crippen molar-refractivity contribution in [1.29, 1.82) is 0 Å². The smallest absolute Gasteiger partial charge is 0.312 e. The average Bonchev–Trinajstić information content (AvgIpc) is 2.88. The first-order valence-electron chi connectivity index (χ1n) is 6.01. The van der Waals surface area contributed by atoms with Crippen LogP contribution in [0, 0.1) is 0 Å². The number of esters is 1. The second-order valence-corrected chi connectivity index (χ2v) is 4.52. The Morgan fingerprint density at radius 3 is 3.10 bits per heavy atom. The zero-order valence-corrected chi connectivity index (χ0v) is 11.3. The van der Waals surface area contributed by atoms with Crippen LogP contribution in [-0.2, 0) is 16.0 Å². The highest BCUT2D eigenvalue weighted by Crippen LogP contribution is 2.20. The molecule has 0 aliphatic carbocycles. The molecule has 0 atom stereocenters. The quantitative estimate of drug-likeness (QED) is 0.679. The molecule has 0 amide bonds. The first-order valence-corrected chi connectivity index (χ1v) is 6.38. The molecular formula is C12H10ClN5O2. The molecule has 0 aliphatic rings. The minimum absolute atomic E-state index is 0.0141. The third-order valence-corrected chi connectivity index (χ3v) is 3.00. The third-order valence-electron chi connectivity index (χ3n) is 2.77. The van der Waals surface area contributed by atoms with Crippen LogP contribution in [0.15, 0.2) is 18.2 Å². The van der Waals surface area contributed by atoms with Crippen LogP contribution >= 0.6 is 11.6 Å². The normalized spacial score (nSPS) is 11.1. The van der Waals surface area contributed by atoms with E-state index in [4.69, 9.17) is 16.3 Å². The molecule has 0 spiro atoms. The van der Waals surface area contributed by atoms with Crippen LogP contribution in [0.1, 0.15) is 12.6 Å². The van der Waals surface area contributed by atoms with Crippen LogP contribution < -0.4 is 0 Å². The minimum Gasteiger partial charge on any atom is -0.466 e. The van der Waals surface area contributed by atoms with Gasteiger partial charge in [-0.15, -0.1) is 5.10 Å². The largest absolute Gasteiger partial charge is 0.466 e. The van der Waals surface area contributed by atoms with E-state index < -0.39 is 0 Å². The fraction of sp³-hybridized carbons (Fsp3) is 0.250. The highest BCUT2D eigenvalue weighted by molar-refractivity contribution is 6.31. The van der Waals surface area contributed by atoms with Crippen LogP contribution in [0.25, 0.3) is 16.7 Å². The van der Waals surface area contributed by atoms with Gasteiger partial charge in [0.1, 0.15) is 0 Å². The van der Waals surface area contributed by atoms with Gasteiger partial charge in [-0.25, -0.2) is 4.98 Å². The van der Waals surface area contributed by atoms with Crippen LogP contribution in [0.4, 0.5) is 0 Å². The summed E-state index contributed by atoms with van der Waals surface area (Å²) in [6.45, 7) is 2.07. The molecule has 0 radical (unpaired) electrons. The number of carbonyl (C=O) groups excluding carboxylic acids is 1. The summed E-state index contributed by atoms with van der Waals surface area (Å²) in [6, 6.07) is 5.21. The van der Waals surface area contributed by atoms with E-state index in [2.05, 4.69) is 20.5 Å². The summed E-state index contributed by atoms with van der Waals surface area (Å²) in [7, 11) is 0. The predicted molar refractivity (Wildman–Crippen MR) is 71.4 cm³/mol. The summed E-state index contributed by atoms with van der Waals surface area (Å²) in [5.74, 6) is -0.369. The Balaban J connectivity index is 2.18. The number of rotatable bonds is 3. The van der Waals surface area contributed by atoms with Crippen molar-refractivity contribution < 1.29 is 9.53 Å². The maximum Gasteiger partial charge on any atom is 0.312 e. The number of benzene rings is 1. The summed E-state index contributed by atoms with van der Waals surface area (Å²) >= 11 is 5.96. The van der Waals surface area contributed by atoms with Crippen LogP contribution in [0.5, 0.6) is 0 Å². The Bertz CT molecular complexity index is 801. The maximum absolute atomic E-state index is 11.6. The molecule has 1 aromatic carbocycles. The Labute approximate surface area is 118 Å². The van der Waals surface area contributed by atoms with Crippen LogP contribution in [-0.4, -0.2) is 37.6 Å². The van der Waals surface area contributed by atoms with Crippen LogP contribution in [0.3, 0.4) is 0 Å². The van der Waals surface area contributed by atoms with Crippen molar-refractivity contribution in [3.63, 3.8) is 0 Å². The molecular weight excluding hydrogens is 282 g/mol. The zero-order valence-electron chi connectivity index (χ0n) is 10.6. The average molecular weight is 292 g/mol. The molecule has 0 fully saturated rings. The lowest BCUT2D eigenvalue weighted by atomic mass is 10.2. The molecule has 3 rings (SSSR count). The second kappa shape index (κ2) is 5.01. The van der Waals surface area contributed by atoms with Crippen molar-refractivity contribution in [3.05, 3.63) is 28.9 Å². The van der Waals surface area contributed by atoms with Gasteiger partial charge in [0.2, 0.25) is 5.65 Å². The van der Waals surface area contributed by atoms with Gasteiger partial charge in [0.05, 0.1) is 29.8 Å². The molecule has 20 heavy (non-hydrogen) atoms. The van der Waals surface area contributed by atoms with Gasteiger partial charge in [-0.05, 0) is 35.5 Å². The molecule has 3 aromatic rings. The molecule has 0 unspecified atom stereocenters. The molecule has 0 saturated carbocycles. The highest BCUT2D eigenvalue weighted by Gasteiger charge is 2.15. The number of ether oxygens (including phenoxy) is 1. The number of hydrogen-bond donors (Lipinski definition) is 0. The molecule has 2 aromatic heterocycles. The standard InChI is InChI=1S/C12H10ClN5O2/c1-2-20-11(19)6-9-12-15-16-17-18(12)10-4-3-7(13)5-8(10)14-9/h3-5H,2,6H2,1H3. The van der Waals surface area contributed by atoms with Crippen molar-refractivity contribution >= 4 is 34.3 Å². The van der Waals surface area contributed by atoms with E-state index in [0.717, 1.165) is 5.52 Å². The monoisotopic (exact) mass is 291 g/mol. The highest BCUT2D eigenvalue weighted by atomic mass is 35.5. The molecule has 102 valence electrons. The first-order chi connectivity index (χ1) is 9.69. The van der Waals surface area contributed by atoms with Gasteiger partial charge in [-0.1, -0.05) is 11.6 Å². The summed E-state index contributed by atoms with van der Waals surface area (Å²) < 4.78 is 6.46. The maximum atomic E-state index is 11.6. The SMILES string of the molecule is CCOC(=O)Cc1nc2cc(Cl)ccc2n2nnnc12. The molecule has 8 heteroatoms. The van der Waals surface area contributed by atoms with Crippen molar-refractivity contribution in [3.8, 4) is 0 Å². The van der Waals surface area contributed by atoms with Gasteiger partial charge in [-0.3, -0.25) is 4.79 Å². The van der Waals surface area contributed by atoms with Crippen molar-refractivity contribution in [2.45, 2.75) is 13.3 Å². The molecule has 0 N–H and O–H groups in total. The van der Waals surface area contributed by atoms with E-state index in [1.165, 1.54) is 4.52 Å². The van der Waals surface area contributed by atoms with Gasteiger partial charge in [0.15, 0.2) is 0 Å². The zero-order chi connectivity index (χ0) is 14.1. The molecule has 0 aliphatic heterocycles. The van der Waals surface area contributed by atoms with Crippen molar-refractivity contribution in [2.24, 2.45) is 0 Å². The molecule has 7 nitrogen and oxygen atoms in total. The number of halogens is 1. The lowest BCUT2D eigenvalue weighted by Gasteiger charge is -2.05. The predicted octanol–water partition coefficient (Wildman–Crippen LogP) is 1.43. The topological polar surface area (TPSA) is 82.3 Å². The Morgan fingerprint density at radius 2 is 2.30 bits per heavy atom. The fourth-order valence-corrected chi connectivity index (χ4v) is 2.12. The number of tetrazole rings is 1. The van der Waals surface area contributed by atoms with E-state index in [1.807, 2.05) is 0 Å². The van der Waals surface area contributed by atoms with Gasteiger partial charge < -0.3 is 4.74 Å². The summed E-state index contributed by atoms with van der Waals surface area (Å²) in [5, 5.41) is 12.0. The molecule has 0 bridgehead atoms. The molecule has 0 saturated heterocycles. The lowest BCUT2D eigenvalue weighted by molar-refractivity contribution is -0.142. The number of fused-ring (bicyclic) bond motifs is 3. The van der Waals surface area contributed by atoms with Gasteiger partial charge in [0.25, 0.3) is 0 Å². The van der Waals surface area contributed by atoms with E-state index in [9.17, 15) is 4.79 Å². The van der Waals surface area contributed by atoms with Gasteiger partial charge >= 0.3 is 5.97 Å². The van der Waals surface area contributed by atoms with E-state index in [0.29, 0.717) is 28.5 Å². The minimum atomic E-state index is -0.369. The van der Waals surface area contributed by atoms with E-state index >= 15 is 0 Å². The summed E-state index contributed by atoms with van der Waals surface area (Å²) in [5.41, 5.74) is 2.25. The number of aromatic nitrogens is 5. The second-order valence-electron chi connectivity index (χ2n) is 4.09. The van der Waals surface area contributed by atoms with Crippen LogP contribution in [0.2, 0.25) is 5.02 Å².